The Balaban J connectivity index is 2.61. The molecule has 0 radical (unpaired) electrons. The molecule has 0 spiro atoms. The SMILES string of the molecule is CCC(C)(C)C(=O)N(C)Cc1ncc[nH]1. The van der Waals surface area contributed by atoms with E-state index in [1.807, 2.05) is 27.8 Å². The van der Waals surface area contributed by atoms with E-state index >= 15 is 0 Å². The first-order valence-corrected chi connectivity index (χ1v) is 5.21. The topological polar surface area (TPSA) is 49.0 Å². The average Bonchev–Trinajstić information content (AvgIpc) is 2.69. The van der Waals surface area contributed by atoms with Gasteiger partial charge in [0.15, 0.2) is 0 Å². The lowest BCUT2D eigenvalue weighted by Crippen LogP contribution is -2.37. The third kappa shape index (κ3) is 2.81. The molecule has 0 aliphatic carbocycles. The highest BCUT2D eigenvalue weighted by atomic mass is 16.2. The predicted molar refractivity (Wildman–Crippen MR) is 59.1 cm³/mol. The molecule has 1 heterocycles. The highest BCUT2D eigenvalue weighted by Crippen LogP contribution is 2.22. The lowest BCUT2D eigenvalue weighted by molar-refractivity contribution is -0.139. The molecule has 0 aromatic carbocycles. The van der Waals surface area contributed by atoms with Crippen molar-refractivity contribution < 1.29 is 4.79 Å². The van der Waals surface area contributed by atoms with Gasteiger partial charge in [-0.05, 0) is 6.42 Å². The van der Waals surface area contributed by atoms with Crippen LogP contribution in [0.15, 0.2) is 12.4 Å². The van der Waals surface area contributed by atoms with Gasteiger partial charge in [0, 0.05) is 24.9 Å². The van der Waals surface area contributed by atoms with E-state index in [-0.39, 0.29) is 11.3 Å². The molecule has 1 aromatic heterocycles. The Hall–Kier alpha value is -1.32. The minimum Gasteiger partial charge on any atom is -0.347 e. The summed E-state index contributed by atoms with van der Waals surface area (Å²) in [5.74, 6) is 0.971. The van der Waals surface area contributed by atoms with Gasteiger partial charge in [-0.25, -0.2) is 4.98 Å². The maximum absolute atomic E-state index is 12.0. The number of nitrogens with one attached hydrogen (secondary N) is 1. The summed E-state index contributed by atoms with van der Waals surface area (Å²) in [7, 11) is 1.81. The molecule has 0 bridgehead atoms. The molecule has 0 unspecified atom stereocenters. The molecule has 0 aliphatic rings. The van der Waals surface area contributed by atoms with Gasteiger partial charge in [0.1, 0.15) is 5.82 Å². The van der Waals surface area contributed by atoms with Crippen LogP contribution in [0.5, 0.6) is 0 Å². The zero-order chi connectivity index (χ0) is 11.5. The van der Waals surface area contributed by atoms with Gasteiger partial charge in [-0.3, -0.25) is 4.79 Å². The number of amides is 1. The maximum atomic E-state index is 12.0. The number of aromatic amines is 1. The molecule has 4 nitrogen and oxygen atoms in total. The first-order chi connectivity index (χ1) is 6.97. The summed E-state index contributed by atoms with van der Waals surface area (Å²) < 4.78 is 0. The van der Waals surface area contributed by atoms with Crippen molar-refractivity contribution in [1.29, 1.82) is 0 Å². The third-order valence-electron chi connectivity index (χ3n) is 2.75. The lowest BCUT2D eigenvalue weighted by atomic mass is 9.89. The fourth-order valence-electron chi connectivity index (χ4n) is 1.35. The molecule has 0 saturated carbocycles. The first-order valence-electron chi connectivity index (χ1n) is 5.21. The largest absolute Gasteiger partial charge is 0.347 e. The van der Waals surface area contributed by atoms with Gasteiger partial charge in [-0.15, -0.1) is 0 Å². The van der Waals surface area contributed by atoms with Crippen molar-refractivity contribution in [3.05, 3.63) is 18.2 Å². The monoisotopic (exact) mass is 209 g/mol. The summed E-state index contributed by atoms with van der Waals surface area (Å²) in [5.41, 5.74) is -0.290. The van der Waals surface area contributed by atoms with E-state index in [4.69, 9.17) is 0 Å². The molecule has 0 fully saturated rings. The molecule has 0 saturated heterocycles. The molecule has 1 amide bonds. The molecule has 0 atom stereocenters. The zero-order valence-corrected chi connectivity index (χ0v) is 9.87. The van der Waals surface area contributed by atoms with Crippen molar-refractivity contribution >= 4 is 5.91 Å². The van der Waals surface area contributed by atoms with Crippen molar-refractivity contribution in [3.8, 4) is 0 Å². The van der Waals surface area contributed by atoms with Gasteiger partial charge < -0.3 is 9.88 Å². The van der Waals surface area contributed by atoms with Crippen LogP contribution in [0.4, 0.5) is 0 Å². The number of carbonyl (C=O) groups is 1. The van der Waals surface area contributed by atoms with Crippen LogP contribution in [0.25, 0.3) is 0 Å². The molecular formula is C11H19N3O. The molecular weight excluding hydrogens is 190 g/mol. The van der Waals surface area contributed by atoms with Crippen molar-refractivity contribution in [2.45, 2.75) is 33.7 Å². The van der Waals surface area contributed by atoms with E-state index < -0.39 is 0 Å². The van der Waals surface area contributed by atoms with Gasteiger partial charge in [-0.2, -0.15) is 0 Å². The van der Waals surface area contributed by atoms with Crippen LogP contribution in [0.2, 0.25) is 0 Å². The molecule has 0 aliphatic heterocycles. The summed E-state index contributed by atoms with van der Waals surface area (Å²) in [5, 5.41) is 0. The second kappa shape index (κ2) is 4.47. The minimum atomic E-state index is -0.290. The zero-order valence-electron chi connectivity index (χ0n) is 9.87. The van der Waals surface area contributed by atoms with Crippen LogP contribution in [-0.4, -0.2) is 27.8 Å². The predicted octanol–water partition coefficient (Wildman–Crippen LogP) is 1.80. The van der Waals surface area contributed by atoms with Gasteiger partial charge in [-0.1, -0.05) is 20.8 Å². The number of imidazole rings is 1. The van der Waals surface area contributed by atoms with Crippen LogP contribution in [0, 0.1) is 5.41 Å². The van der Waals surface area contributed by atoms with E-state index in [9.17, 15) is 4.79 Å². The third-order valence-corrected chi connectivity index (χ3v) is 2.75. The fourth-order valence-corrected chi connectivity index (χ4v) is 1.35. The number of hydrogen-bond donors (Lipinski definition) is 1. The second-order valence-corrected chi connectivity index (χ2v) is 4.43. The molecule has 15 heavy (non-hydrogen) atoms. The average molecular weight is 209 g/mol. The molecule has 4 heteroatoms. The Morgan fingerprint density at radius 3 is 2.73 bits per heavy atom. The van der Waals surface area contributed by atoms with Crippen molar-refractivity contribution in [1.82, 2.24) is 14.9 Å². The van der Waals surface area contributed by atoms with E-state index in [1.54, 1.807) is 17.3 Å². The first kappa shape index (κ1) is 11.8. The van der Waals surface area contributed by atoms with Crippen molar-refractivity contribution in [2.75, 3.05) is 7.05 Å². The lowest BCUT2D eigenvalue weighted by Gasteiger charge is -2.27. The molecule has 1 N–H and O–H groups in total. The molecule has 84 valence electrons. The number of rotatable bonds is 4. The highest BCUT2D eigenvalue weighted by Gasteiger charge is 2.28. The summed E-state index contributed by atoms with van der Waals surface area (Å²) in [6.07, 6.45) is 4.30. The Labute approximate surface area is 90.7 Å². The van der Waals surface area contributed by atoms with Gasteiger partial charge >= 0.3 is 0 Å². The number of aromatic nitrogens is 2. The number of hydrogen-bond acceptors (Lipinski definition) is 2. The van der Waals surface area contributed by atoms with Crippen LogP contribution >= 0.6 is 0 Å². The minimum absolute atomic E-state index is 0.154. The van der Waals surface area contributed by atoms with Gasteiger partial charge in [0.2, 0.25) is 5.91 Å². The number of nitrogens with zero attached hydrogens (tertiary/aromatic N) is 2. The van der Waals surface area contributed by atoms with E-state index in [1.165, 1.54) is 0 Å². The normalized spacial score (nSPS) is 11.5. The number of carbonyl (C=O) groups excluding carboxylic acids is 1. The van der Waals surface area contributed by atoms with Crippen LogP contribution in [0.3, 0.4) is 0 Å². The van der Waals surface area contributed by atoms with E-state index in [0.717, 1.165) is 12.2 Å². The van der Waals surface area contributed by atoms with Crippen LogP contribution < -0.4 is 0 Å². The van der Waals surface area contributed by atoms with E-state index in [0.29, 0.717) is 6.54 Å². The fraction of sp³-hybridized carbons (Fsp3) is 0.636. The Morgan fingerprint density at radius 2 is 2.27 bits per heavy atom. The van der Waals surface area contributed by atoms with E-state index in [2.05, 4.69) is 9.97 Å². The second-order valence-electron chi connectivity index (χ2n) is 4.43. The van der Waals surface area contributed by atoms with Crippen LogP contribution in [0.1, 0.15) is 33.0 Å². The Bertz CT molecular complexity index is 317. The van der Waals surface area contributed by atoms with Crippen molar-refractivity contribution in [3.63, 3.8) is 0 Å². The molecule has 1 aromatic rings. The smallest absolute Gasteiger partial charge is 0.228 e. The summed E-state index contributed by atoms with van der Waals surface area (Å²) in [6.45, 7) is 6.50. The Morgan fingerprint density at radius 1 is 1.60 bits per heavy atom. The molecule has 1 rings (SSSR count). The van der Waals surface area contributed by atoms with Gasteiger partial charge in [0.05, 0.1) is 6.54 Å². The maximum Gasteiger partial charge on any atom is 0.228 e. The number of H-pyrrole nitrogens is 1. The Kier molecular flexibility index (Phi) is 3.50. The van der Waals surface area contributed by atoms with Gasteiger partial charge in [0.25, 0.3) is 0 Å². The van der Waals surface area contributed by atoms with Crippen LogP contribution in [-0.2, 0) is 11.3 Å². The summed E-state index contributed by atoms with van der Waals surface area (Å²) in [4.78, 5) is 20.8. The standard InChI is InChI=1S/C11H19N3O/c1-5-11(2,3)10(15)14(4)8-9-12-6-7-13-9/h6-7H,5,8H2,1-4H3,(H,12,13). The summed E-state index contributed by atoms with van der Waals surface area (Å²) >= 11 is 0. The summed E-state index contributed by atoms with van der Waals surface area (Å²) in [6, 6.07) is 0. The highest BCUT2D eigenvalue weighted by molar-refractivity contribution is 5.81. The van der Waals surface area contributed by atoms with Crippen molar-refractivity contribution in [2.24, 2.45) is 5.41 Å². The quantitative estimate of drug-likeness (QED) is 0.822.